The molecule has 2 N–H and O–H groups in total. The van der Waals surface area contributed by atoms with Crippen molar-refractivity contribution in [3.8, 4) is 0 Å². The first-order chi connectivity index (χ1) is 9.07. The Bertz CT molecular complexity index is 446. The molecule has 1 heterocycles. The van der Waals surface area contributed by atoms with Crippen molar-refractivity contribution in [2.75, 3.05) is 6.61 Å². The fourth-order valence-electron chi connectivity index (χ4n) is 2.67. The Hall–Kier alpha value is -0.940. The number of aryl methyl sites for hydroxylation is 1. The third-order valence-corrected chi connectivity index (χ3v) is 5.06. The van der Waals surface area contributed by atoms with Gasteiger partial charge >= 0.3 is 0 Å². The summed E-state index contributed by atoms with van der Waals surface area (Å²) in [6, 6.07) is 0.0919. The molecule has 19 heavy (non-hydrogen) atoms. The van der Waals surface area contributed by atoms with Gasteiger partial charge in [-0.3, -0.25) is 4.79 Å². The lowest BCUT2D eigenvalue weighted by Gasteiger charge is -2.30. The predicted molar refractivity (Wildman–Crippen MR) is 76.2 cm³/mol. The molecule has 2 unspecified atom stereocenters. The van der Waals surface area contributed by atoms with Crippen LogP contribution in [0.3, 0.4) is 0 Å². The zero-order valence-electron chi connectivity index (χ0n) is 11.6. The molecule has 5 heteroatoms. The minimum Gasteiger partial charge on any atom is -0.396 e. The van der Waals surface area contributed by atoms with Crippen LogP contribution in [-0.2, 0) is 17.6 Å². The van der Waals surface area contributed by atoms with Crippen LogP contribution in [0.2, 0.25) is 0 Å². The van der Waals surface area contributed by atoms with Crippen LogP contribution in [0.25, 0.3) is 0 Å². The number of carbonyl (C=O) groups is 1. The Morgan fingerprint density at radius 1 is 1.68 bits per heavy atom. The summed E-state index contributed by atoms with van der Waals surface area (Å²) in [5.74, 6) is 0.0135. The van der Waals surface area contributed by atoms with Crippen molar-refractivity contribution < 1.29 is 9.90 Å². The molecule has 1 aliphatic carbocycles. The number of aromatic nitrogens is 1. The maximum Gasteiger partial charge on any atom is 0.226 e. The van der Waals surface area contributed by atoms with Gasteiger partial charge in [0.05, 0.1) is 23.7 Å². The second kappa shape index (κ2) is 6.01. The number of nitrogens with zero attached hydrogens (tertiary/aromatic N) is 1. The van der Waals surface area contributed by atoms with E-state index in [4.69, 9.17) is 0 Å². The highest BCUT2D eigenvalue weighted by Gasteiger charge is 2.38. The van der Waals surface area contributed by atoms with Crippen LogP contribution >= 0.6 is 11.3 Å². The Morgan fingerprint density at radius 2 is 2.47 bits per heavy atom. The molecule has 0 spiro atoms. The van der Waals surface area contributed by atoms with E-state index in [-0.39, 0.29) is 24.0 Å². The molecule has 1 aliphatic rings. The van der Waals surface area contributed by atoms with Gasteiger partial charge in [0.15, 0.2) is 0 Å². The highest BCUT2D eigenvalue weighted by Crippen LogP contribution is 2.37. The van der Waals surface area contributed by atoms with Gasteiger partial charge in [-0.05, 0) is 19.3 Å². The van der Waals surface area contributed by atoms with Gasteiger partial charge in [-0.1, -0.05) is 20.3 Å². The zero-order chi connectivity index (χ0) is 13.9. The Labute approximate surface area is 118 Å². The van der Waals surface area contributed by atoms with Gasteiger partial charge in [0.25, 0.3) is 0 Å². The molecular weight excluding hydrogens is 260 g/mol. The minimum absolute atomic E-state index is 0.0135. The van der Waals surface area contributed by atoms with Crippen LogP contribution < -0.4 is 5.32 Å². The molecule has 0 radical (unpaired) electrons. The van der Waals surface area contributed by atoms with Gasteiger partial charge in [0.2, 0.25) is 5.91 Å². The third kappa shape index (κ3) is 3.34. The normalized spacial score (nSPS) is 26.6. The highest BCUT2D eigenvalue weighted by atomic mass is 32.1. The molecule has 1 aromatic heterocycles. The number of carbonyl (C=O) groups excluding carboxylic acids is 1. The first-order valence-corrected chi connectivity index (χ1v) is 7.79. The molecule has 1 amide bonds. The highest BCUT2D eigenvalue weighted by molar-refractivity contribution is 7.09. The van der Waals surface area contributed by atoms with Crippen LogP contribution in [0.5, 0.6) is 0 Å². The van der Waals surface area contributed by atoms with Gasteiger partial charge in [-0.25, -0.2) is 4.98 Å². The summed E-state index contributed by atoms with van der Waals surface area (Å²) in [7, 11) is 0. The summed E-state index contributed by atoms with van der Waals surface area (Å²) in [6.07, 6.45) is 4.26. The number of amides is 1. The van der Waals surface area contributed by atoms with Crippen molar-refractivity contribution in [2.45, 2.75) is 52.0 Å². The maximum atomic E-state index is 12.0. The second-order valence-corrected chi connectivity index (χ2v) is 6.53. The van der Waals surface area contributed by atoms with Crippen molar-refractivity contribution >= 4 is 17.2 Å². The van der Waals surface area contributed by atoms with E-state index in [1.54, 1.807) is 11.3 Å². The van der Waals surface area contributed by atoms with Gasteiger partial charge in [-0.2, -0.15) is 0 Å². The van der Waals surface area contributed by atoms with Crippen molar-refractivity contribution in [2.24, 2.45) is 5.41 Å². The first-order valence-electron chi connectivity index (χ1n) is 6.91. The summed E-state index contributed by atoms with van der Waals surface area (Å²) in [5, 5.41) is 15.6. The van der Waals surface area contributed by atoms with Crippen molar-refractivity contribution in [3.05, 3.63) is 16.1 Å². The Kier molecular flexibility index (Phi) is 4.58. The smallest absolute Gasteiger partial charge is 0.226 e. The van der Waals surface area contributed by atoms with E-state index in [1.165, 1.54) is 0 Å². The van der Waals surface area contributed by atoms with Crippen LogP contribution in [-0.4, -0.2) is 28.6 Å². The van der Waals surface area contributed by atoms with Gasteiger partial charge in [0.1, 0.15) is 0 Å². The standard InChI is InChI=1S/C14H22N2O2S/c1-3-13-15-10(8-19-13)7-12(18)16-11-5-4-6-14(11,2)9-17/h8,11,17H,3-7,9H2,1-2H3,(H,16,18). The molecule has 1 aromatic rings. The maximum absolute atomic E-state index is 12.0. The predicted octanol–water partition coefficient (Wildman–Crippen LogP) is 1.92. The van der Waals surface area contributed by atoms with E-state index in [0.717, 1.165) is 36.4 Å². The van der Waals surface area contributed by atoms with E-state index in [9.17, 15) is 9.90 Å². The van der Waals surface area contributed by atoms with E-state index >= 15 is 0 Å². The first kappa shape index (κ1) is 14.5. The largest absolute Gasteiger partial charge is 0.396 e. The summed E-state index contributed by atoms with van der Waals surface area (Å²) in [4.78, 5) is 16.4. The number of aliphatic hydroxyl groups excluding tert-OH is 1. The van der Waals surface area contributed by atoms with Crippen molar-refractivity contribution in [3.63, 3.8) is 0 Å². The Balaban J connectivity index is 1.90. The number of rotatable bonds is 5. The molecular formula is C14H22N2O2S. The quantitative estimate of drug-likeness (QED) is 0.867. The summed E-state index contributed by atoms with van der Waals surface area (Å²) in [5.41, 5.74) is 0.690. The SMILES string of the molecule is CCc1nc(CC(=O)NC2CCCC2(C)CO)cs1. The number of aliphatic hydroxyl groups is 1. The average Bonchev–Trinajstić information content (AvgIpc) is 2.98. The summed E-state index contributed by atoms with van der Waals surface area (Å²) < 4.78 is 0. The molecule has 4 nitrogen and oxygen atoms in total. The molecule has 2 atom stereocenters. The van der Waals surface area contributed by atoms with Crippen LogP contribution in [0, 0.1) is 5.41 Å². The molecule has 0 aliphatic heterocycles. The van der Waals surface area contributed by atoms with Crippen molar-refractivity contribution in [1.29, 1.82) is 0 Å². The number of hydrogen-bond donors (Lipinski definition) is 2. The summed E-state index contributed by atoms with van der Waals surface area (Å²) >= 11 is 1.61. The van der Waals surface area contributed by atoms with E-state index in [0.29, 0.717) is 6.42 Å². The number of nitrogens with one attached hydrogen (secondary N) is 1. The van der Waals surface area contributed by atoms with Crippen molar-refractivity contribution in [1.82, 2.24) is 10.3 Å². The second-order valence-electron chi connectivity index (χ2n) is 5.59. The molecule has 2 rings (SSSR count). The number of hydrogen-bond acceptors (Lipinski definition) is 4. The third-order valence-electron chi connectivity index (χ3n) is 4.02. The summed E-state index contributed by atoms with van der Waals surface area (Å²) in [6.45, 7) is 4.24. The fraction of sp³-hybridized carbons (Fsp3) is 0.714. The minimum atomic E-state index is -0.160. The van der Waals surface area contributed by atoms with Gasteiger partial charge in [0, 0.05) is 16.8 Å². The lowest BCUT2D eigenvalue weighted by Crippen LogP contribution is -2.45. The topological polar surface area (TPSA) is 62.2 Å². The van der Waals surface area contributed by atoms with Crippen LogP contribution in [0.1, 0.15) is 43.8 Å². The molecule has 0 bridgehead atoms. The Morgan fingerprint density at radius 3 is 3.11 bits per heavy atom. The molecule has 1 fully saturated rings. The fourth-order valence-corrected chi connectivity index (χ4v) is 3.42. The monoisotopic (exact) mass is 282 g/mol. The average molecular weight is 282 g/mol. The van der Waals surface area contributed by atoms with Crippen LogP contribution in [0.4, 0.5) is 0 Å². The van der Waals surface area contributed by atoms with E-state index < -0.39 is 0 Å². The zero-order valence-corrected chi connectivity index (χ0v) is 12.4. The molecule has 0 aromatic carbocycles. The van der Waals surface area contributed by atoms with Gasteiger partial charge in [-0.15, -0.1) is 11.3 Å². The van der Waals surface area contributed by atoms with E-state index in [1.807, 2.05) is 12.3 Å². The van der Waals surface area contributed by atoms with Gasteiger partial charge < -0.3 is 10.4 Å². The van der Waals surface area contributed by atoms with E-state index in [2.05, 4.69) is 17.2 Å². The molecule has 1 saturated carbocycles. The van der Waals surface area contributed by atoms with Crippen LogP contribution in [0.15, 0.2) is 5.38 Å². The molecule has 106 valence electrons. The lowest BCUT2D eigenvalue weighted by atomic mass is 9.86. The lowest BCUT2D eigenvalue weighted by molar-refractivity contribution is -0.122. The number of thiazole rings is 1. The molecule has 0 saturated heterocycles.